The number of phenols is 1. The zero-order valence-electron chi connectivity index (χ0n) is 9.90. The van der Waals surface area contributed by atoms with Gasteiger partial charge in [-0.2, -0.15) is 0 Å². The minimum absolute atomic E-state index is 0.242. The lowest BCUT2D eigenvalue weighted by Gasteiger charge is -2.20. The summed E-state index contributed by atoms with van der Waals surface area (Å²) in [6, 6.07) is 11.8. The Morgan fingerprint density at radius 2 is 1.83 bits per heavy atom. The van der Waals surface area contributed by atoms with Crippen LogP contribution in [-0.4, -0.2) is 12.2 Å². The van der Waals surface area contributed by atoms with Crippen molar-refractivity contribution in [1.29, 1.82) is 0 Å². The molecule has 0 saturated heterocycles. The highest BCUT2D eigenvalue weighted by Crippen LogP contribution is 2.29. The van der Waals surface area contributed by atoms with Gasteiger partial charge in [0.25, 0.3) is 0 Å². The van der Waals surface area contributed by atoms with Crippen molar-refractivity contribution >= 4 is 21.6 Å². The SMILES string of the molecule is CN(Cc1cccc(Br)c1O)c1ccc(F)cc1. The van der Waals surface area contributed by atoms with Crippen molar-refractivity contribution in [3.05, 3.63) is 58.3 Å². The maximum absolute atomic E-state index is 12.8. The molecule has 4 heteroatoms. The van der Waals surface area contributed by atoms with Gasteiger partial charge in [0.05, 0.1) is 4.47 Å². The van der Waals surface area contributed by atoms with Gasteiger partial charge in [-0.1, -0.05) is 12.1 Å². The third-order valence-electron chi connectivity index (χ3n) is 2.75. The summed E-state index contributed by atoms with van der Waals surface area (Å²) in [5.74, 6) is -0.0103. The third kappa shape index (κ3) is 2.82. The van der Waals surface area contributed by atoms with Gasteiger partial charge < -0.3 is 10.0 Å². The van der Waals surface area contributed by atoms with Crippen LogP contribution in [0, 0.1) is 5.82 Å². The quantitative estimate of drug-likeness (QED) is 0.928. The molecule has 2 aromatic carbocycles. The first-order valence-corrected chi connectivity index (χ1v) is 6.30. The van der Waals surface area contributed by atoms with E-state index in [1.54, 1.807) is 18.2 Å². The van der Waals surface area contributed by atoms with Crippen molar-refractivity contribution in [2.24, 2.45) is 0 Å². The second-order valence-electron chi connectivity index (χ2n) is 4.08. The highest BCUT2D eigenvalue weighted by atomic mass is 79.9. The molecule has 2 nitrogen and oxygen atoms in total. The molecule has 0 atom stereocenters. The van der Waals surface area contributed by atoms with Crippen molar-refractivity contribution < 1.29 is 9.50 Å². The molecular formula is C14H13BrFNO. The molecule has 2 rings (SSSR count). The van der Waals surface area contributed by atoms with Gasteiger partial charge in [-0.05, 0) is 46.3 Å². The molecule has 0 aliphatic carbocycles. The van der Waals surface area contributed by atoms with Crippen LogP contribution in [0.15, 0.2) is 46.9 Å². The molecule has 94 valence electrons. The van der Waals surface area contributed by atoms with E-state index in [2.05, 4.69) is 15.9 Å². The number of nitrogens with zero attached hydrogens (tertiary/aromatic N) is 1. The molecule has 2 aromatic rings. The summed E-state index contributed by atoms with van der Waals surface area (Å²) < 4.78 is 13.5. The minimum atomic E-state index is -0.252. The van der Waals surface area contributed by atoms with Gasteiger partial charge >= 0.3 is 0 Å². The highest BCUT2D eigenvalue weighted by molar-refractivity contribution is 9.10. The Hall–Kier alpha value is -1.55. The Labute approximate surface area is 114 Å². The van der Waals surface area contributed by atoms with Gasteiger partial charge in [-0.3, -0.25) is 0 Å². The minimum Gasteiger partial charge on any atom is -0.506 e. The Morgan fingerprint density at radius 3 is 2.50 bits per heavy atom. The molecule has 18 heavy (non-hydrogen) atoms. The van der Waals surface area contributed by atoms with Gasteiger partial charge in [0.1, 0.15) is 11.6 Å². The van der Waals surface area contributed by atoms with Crippen LogP contribution < -0.4 is 4.90 Å². The fourth-order valence-corrected chi connectivity index (χ4v) is 2.14. The van der Waals surface area contributed by atoms with E-state index in [4.69, 9.17) is 0 Å². The first kappa shape index (κ1) is 12.9. The third-order valence-corrected chi connectivity index (χ3v) is 3.39. The summed E-state index contributed by atoms with van der Waals surface area (Å²) in [7, 11) is 1.90. The largest absolute Gasteiger partial charge is 0.506 e. The predicted molar refractivity (Wildman–Crippen MR) is 74.3 cm³/mol. The molecule has 0 fully saturated rings. The summed E-state index contributed by atoms with van der Waals surface area (Å²) in [5.41, 5.74) is 1.71. The zero-order valence-corrected chi connectivity index (χ0v) is 11.5. The van der Waals surface area contributed by atoms with Crippen LogP contribution in [0.5, 0.6) is 5.75 Å². The molecule has 0 amide bonds. The standard InChI is InChI=1S/C14H13BrFNO/c1-17(12-7-5-11(16)6-8-12)9-10-3-2-4-13(15)14(10)18/h2-8,18H,9H2,1H3. The van der Waals surface area contributed by atoms with Crippen LogP contribution in [0.2, 0.25) is 0 Å². The first-order valence-electron chi connectivity index (χ1n) is 5.51. The normalized spacial score (nSPS) is 10.4. The van der Waals surface area contributed by atoms with Crippen LogP contribution in [0.4, 0.5) is 10.1 Å². The Kier molecular flexibility index (Phi) is 3.87. The Balaban J connectivity index is 2.18. The van der Waals surface area contributed by atoms with Crippen molar-refractivity contribution in [2.75, 3.05) is 11.9 Å². The van der Waals surface area contributed by atoms with E-state index in [0.29, 0.717) is 11.0 Å². The van der Waals surface area contributed by atoms with Crippen molar-refractivity contribution in [2.45, 2.75) is 6.54 Å². The lowest BCUT2D eigenvalue weighted by Crippen LogP contribution is -2.16. The molecule has 0 aliphatic rings. The second kappa shape index (κ2) is 5.40. The molecule has 0 heterocycles. The lowest BCUT2D eigenvalue weighted by atomic mass is 10.2. The fraction of sp³-hybridized carbons (Fsp3) is 0.143. The van der Waals surface area contributed by atoms with Gasteiger partial charge in [0.2, 0.25) is 0 Å². The average Bonchev–Trinajstić information content (AvgIpc) is 2.36. The predicted octanol–water partition coefficient (Wildman–Crippen LogP) is 3.93. The highest BCUT2D eigenvalue weighted by Gasteiger charge is 2.08. The van der Waals surface area contributed by atoms with Gasteiger partial charge in [-0.25, -0.2) is 4.39 Å². The molecule has 0 aromatic heterocycles. The van der Waals surface area contributed by atoms with Crippen molar-refractivity contribution in [1.82, 2.24) is 0 Å². The topological polar surface area (TPSA) is 23.5 Å². The van der Waals surface area contributed by atoms with E-state index in [1.807, 2.05) is 24.1 Å². The summed E-state index contributed by atoms with van der Waals surface area (Å²) in [5, 5.41) is 9.90. The number of halogens is 2. The fourth-order valence-electron chi connectivity index (χ4n) is 1.73. The number of phenolic OH excluding ortho intramolecular Hbond substituents is 1. The molecule has 0 radical (unpaired) electrons. The average molecular weight is 310 g/mol. The van der Waals surface area contributed by atoms with Crippen LogP contribution in [0.3, 0.4) is 0 Å². The number of hydrogen-bond donors (Lipinski definition) is 1. The molecule has 0 bridgehead atoms. The van der Waals surface area contributed by atoms with E-state index in [0.717, 1.165) is 11.3 Å². The maximum atomic E-state index is 12.8. The number of hydrogen-bond acceptors (Lipinski definition) is 2. The second-order valence-corrected chi connectivity index (χ2v) is 4.93. The summed E-state index contributed by atoms with van der Waals surface area (Å²) >= 11 is 3.28. The summed E-state index contributed by atoms with van der Waals surface area (Å²) in [6.45, 7) is 0.552. The van der Waals surface area contributed by atoms with Crippen LogP contribution in [0.25, 0.3) is 0 Å². The maximum Gasteiger partial charge on any atom is 0.134 e. The van der Waals surface area contributed by atoms with E-state index in [1.165, 1.54) is 12.1 Å². The molecule has 0 spiro atoms. The number of anilines is 1. The van der Waals surface area contributed by atoms with E-state index in [9.17, 15) is 9.50 Å². The summed E-state index contributed by atoms with van der Waals surface area (Å²) in [6.07, 6.45) is 0. The van der Waals surface area contributed by atoms with Gasteiger partial charge in [-0.15, -0.1) is 0 Å². The monoisotopic (exact) mass is 309 g/mol. The molecular weight excluding hydrogens is 297 g/mol. The zero-order chi connectivity index (χ0) is 13.1. The summed E-state index contributed by atoms with van der Waals surface area (Å²) in [4.78, 5) is 1.95. The molecule has 0 aliphatic heterocycles. The Bertz CT molecular complexity index is 542. The van der Waals surface area contributed by atoms with Gasteiger partial charge in [0, 0.05) is 24.8 Å². The van der Waals surface area contributed by atoms with E-state index in [-0.39, 0.29) is 11.6 Å². The Morgan fingerprint density at radius 1 is 1.17 bits per heavy atom. The first-order chi connectivity index (χ1) is 8.58. The van der Waals surface area contributed by atoms with Crippen LogP contribution >= 0.6 is 15.9 Å². The van der Waals surface area contributed by atoms with Crippen LogP contribution in [-0.2, 0) is 6.54 Å². The smallest absolute Gasteiger partial charge is 0.134 e. The van der Waals surface area contributed by atoms with Gasteiger partial charge in [0.15, 0.2) is 0 Å². The van der Waals surface area contributed by atoms with Crippen molar-refractivity contribution in [3.8, 4) is 5.75 Å². The lowest BCUT2D eigenvalue weighted by molar-refractivity contribution is 0.464. The molecule has 0 unspecified atom stereocenters. The number of aromatic hydroxyl groups is 1. The molecule has 0 saturated carbocycles. The number of para-hydroxylation sites is 1. The molecule has 1 N–H and O–H groups in total. The van der Waals surface area contributed by atoms with E-state index < -0.39 is 0 Å². The van der Waals surface area contributed by atoms with Crippen molar-refractivity contribution in [3.63, 3.8) is 0 Å². The van der Waals surface area contributed by atoms with Crippen LogP contribution in [0.1, 0.15) is 5.56 Å². The number of benzene rings is 2. The number of rotatable bonds is 3. The van der Waals surface area contributed by atoms with E-state index >= 15 is 0 Å².